The molecule has 1 N–H and O–H groups in total. The van der Waals surface area contributed by atoms with Gasteiger partial charge in [0.2, 0.25) is 0 Å². The molecule has 1 rings (SSSR count). The van der Waals surface area contributed by atoms with Gasteiger partial charge in [-0.05, 0) is 24.2 Å². The maximum atomic E-state index is 12.6. The van der Waals surface area contributed by atoms with Crippen LogP contribution in [0.15, 0.2) is 24.3 Å². The molecule has 1 aromatic carbocycles. The number of hydrogen-bond acceptors (Lipinski definition) is 2. The molecule has 0 heterocycles. The van der Waals surface area contributed by atoms with Crippen LogP contribution in [0.1, 0.15) is 24.1 Å². The second-order valence-corrected chi connectivity index (χ2v) is 3.27. The third-order valence-electron chi connectivity index (χ3n) is 2.11. The van der Waals surface area contributed by atoms with E-state index in [0.29, 0.717) is 5.56 Å². The molecule has 0 aromatic heterocycles. The lowest BCUT2D eigenvalue weighted by Crippen LogP contribution is -2.33. The van der Waals surface area contributed by atoms with Gasteiger partial charge < -0.3 is 5.32 Å². The first-order valence-electron chi connectivity index (χ1n) is 4.79. The minimum Gasteiger partial charge on any atom is -0.303 e. The standard InChI is InChI=1S/C11H11F3N2/c1-2-16-10(11(12,13)14)9-5-3-8(7-15)4-6-9/h3-6,10,16H,2H2,1H3. The summed E-state index contributed by atoms with van der Waals surface area (Å²) in [5.41, 5.74) is 0.467. The third-order valence-corrected chi connectivity index (χ3v) is 2.11. The van der Waals surface area contributed by atoms with Crippen molar-refractivity contribution in [2.75, 3.05) is 6.54 Å². The van der Waals surface area contributed by atoms with Gasteiger partial charge in [-0.3, -0.25) is 0 Å². The van der Waals surface area contributed by atoms with Crippen LogP contribution in [0.4, 0.5) is 13.2 Å². The van der Waals surface area contributed by atoms with E-state index >= 15 is 0 Å². The first kappa shape index (κ1) is 12.5. The number of hydrogen-bond donors (Lipinski definition) is 1. The van der Waals surface area contributed by atoms with E-state index in [1.165, 1.54) is 24.3 Å². The molecule has 1 atom stereocenters. The molecule has 16 heavy (non-hydrogen) atoms. The Hall–Kier alpha value is -1.54. The van der Waals surface area contributed by atoms with Gasteiger partial charge in [-0.25, -0.2) is 0 Å². The number of nitrogens with zero attached hydrogens (tertiary/aromatic N) is 1. The molecule has 5 heteroatoms. The molecule has 0 radical (unpaired) electrons. The van der Waals surface area contributed by atoms with Gasteiger partial charge in [0.1, 0.15) is 6.04 Å². The summed E-state index contributed by atoms with van der Waals surface area (Å²) in [6.07, 6.45) is -4.33. The van der Waals surface area contributed by atoms with E-state index in [2.05, 4.69) is 5.32 Å². The molecule has 2 nitrogen and oxygen atoms in total. The Morgan fingerprint density at radius 2 is 1.88 bits per heavy atom. The quantitative estimate of drug-likeness (QED) is 0.863. The summed E-state index contributed by atoms with van der Waals surface area (Å²) in [5.74, 6) is 0. The molecule has 0 aliphatic carbocycles. The maximum absolute atomic E-state index is 12.6. The summed E-state index contributed by atoms with van der Waals surface area (Å²) in [7, 11) is 0. The molecule has 0 amide bonds. The van der Waals surface area contributed by atoms with Gasteiger partial charge in [0.05, 0.1) is 11.6 Å². The molecule has 0 bridgehead atoms. The Balaban J connectivity index is 2.98. The Morgan fingerprint density at radius 3 is 2.25 bits per heavy atom. The monoisotopic (exact) mass is 228 g/mol. The summed E-state index contributed by atoms with van der Waals surface area (Å²) in [4.78, 5) is 0. The van der Waals surface area contributed by atoms with E-state index < -0.39 is 12.2 Å². The minimum absolute atomic E-state index is 0.119. The van der Waals surface area contributed by atoms with E-state index in [-0.39, 0.29) is 12.1 Å². The predicted octanol–water partition coefficient (Wildman–Crippen LogP) is 2.77. The normalized spacial score (nSPS) is 13.2. The Morgan fingerprint density at radius 1 is 1.31 bits per heavy atom. The lowest BCUT2D eigenvalue weighted by atomic mass is 10.0. The summed E-state index contributed by atoms with van der Waals surface area (Å²) >= 11 is 0. The number of nitriles is 1. The van der Waals surface area contributed by atoms with Crippen LogP contribution in [-0.2, 0) is 0 Å². The smallest absolute Gasteiger partial charge is 0.303 e. The second kappa shape index (κ2) is 4.99. The van der Waals surface area contributed by atoms with Crippen LogP contribution in [0, 0.1) is 11.3 Å². The third kappa shape index (κ3) is 2.97. The fraction of sp³-hybridized carbons (Fsp3) is 0.364. The first-order valence-corrected chi connectivity index (χ1v) is 4.79. The Labute approximate surface area is 91.7 Å². The summed E-state index contributed by atoms with van der Waals surface area (Å²) < 4.78 is 37.9. The zero-order valence-electron chi connectivity index (χ0n) is 8.67. The van der Waals surface area contributed by atoms with Crippen LogP contribution in [0.2, 0.25) is 0 Å². The molecule has 0 fully saturated rings. The summed E-state index contributed by atoms with van der Waals surface area (Å²) in [5, 5.41) is 10.9. The fourth-order valence-corrected chi connectivity index (χ4v) is 1.38. The van der Waals surface area contributed by atoms with Crippen molar-refractivity contribution < 1.29 is 13.2 Å². The van der Waals surface area contributed by atoms with Crippen molar-refractivity contribution in [3.63, 3.8) is 0 Å². The van der Waals surface area contributed by atoms with Gasteiger partial charge in [0.25, 0.3) is 0 Å². The second-order valence-electron chi connectivity index (χ2n) is 3.27. The van der Waals surface area contributed by atoms with Crippen LogP contribution >= 0.6 is 0 Å². The van der Waals surface area contributed by atoms with Crippen LogP contribution in [-0.4, -0.2) is 12.7 Å². The van der Waals surface area contributed by atoms with Gasteiger partial charge >= 0.3 is 6.18 Å². The van der Waals surface area contributed by atoms with Crippen LogP contribution in [0.3, 0.4) is 0 Å². The molecule has 0 saturated heterocycles. The maximum Gasteiger partial charge on any atom is 0.407 e. The van der Waals surface area contributed by atoms with Gasteiger partial charge in [-0.15, -0.1) is 0 Å². The molecular formula is C11H11F3N2. The van der Waals surface area contributed by atoms with Crippen molar-refractivity contribution in [1.82, 2.24) is 5.32 Å². The van der Waals surface area contributed by atoms with Gasteiger partial charge in [-0.1, -0.05) is 19.1 Å². The minimum atomic E-state index is -4.33. The number of alkyl halides is 3. The summed E-state index contributed by atoms with van der Waals surface area (Å²) in [6, 6.07) is 5.58. The van der Waals surface area contributed by atoms with E-state index in [1.807, 2.05) is 6.07 Å². The average molecular weight is 228 g/mol. The molecular weight excluding hydrogens is 217 g/mol. The molecule has 0 spiro atoms. The number of benzene rings is 1. The molecule has 86 valence electrons. The lowest BCUT2D eigenvalue weighted by Gasteiger charge is -2.21. The lowest BCUT2D eigenvalue weighted by molar-refractivity contribution is -0.157. The van der Waals surface area contributed by atoms with Crippen molar-refractivity contribution in [2.24, 2.45) is 0 Å². The zero-order valence-corrected chi connectivity index (χ0v) is 8.67. The van der Waals surface area contributed by atoms with Crippen LogP contribution < -0.4 is 5.32 Å². The Bertz CT molecular complexity index is 376. The molecule has 1 aromatic rings. The van der Waals surface area contributed by atoms with Crippen molar-refractivity contribution >= 4 is 0 Å². The van der Waals surface area contributed by atoms with Gasteiger partial charge in [0.15, 0.2) is 0 Å². The van der Waals surface area contributed by atoms with Crippen LogP contribution in [0.5, 0.6) is 0 Å². The predicted molar refractivity (Wildman–Crippen MR) is 53.6 cm³/mol. The molecule has 0 aliphatic rings. The average Bonchev–Trinajstić information content (AvgIpc) is 2.25. The summed E-state index contributed by atoms with van der Waals surface area (Å²) in [6.45, 7) is 1.84. The van der Waals surface area contributed by atoms with E-state index in [0.717, 1.165) is 0 Å². The zero-order chi connectivity index (χ0) is 12.2. The van der Waals surface area contributed by atoms with Crippen molar-refractivity contribution in [3.05, 3.63) is 35.4 Å². The van der Waals surface area contributed by atoms with Crippen molar-refractivity contribution in [2.45, 2.75) is 19.1 Å². The molecule has 0 saturated carbocycles. The first-order chi connectivity index (χ1) is 7.49. The highest BCUT2D eigenvalue weighted by Crippen LogP contribution is 2.32. The van der Waals surface area contributed by atoms with Crippen molar-refractivity contribution in [1.29, 1.82) is 5.26 Å². The van der Waals surface area contributed by atoms with E-state index in [9.17, 15) is 13.2 Å². The highest BCUT2D eigenvalue weighted by Gasteiger charge is 2.39. The number of rotatable bonds is 3. The highest BCUT2D eigenvalue weighted by atomic mass is 19.4. The molecule has 1 unspecified atom stereocenters. The number of nitrogens with one attached hydrogen (secondary N) is 1. The van der Waals surface area contributed by atoms with E-state index in [1.54, 1.807) is 6.92 Å². The SMILES string of the molecule is CCNC(c1ccc(C#N)cc1)C(F)(F)F. The largest absolute Gasteiger partial charge is 0.407 e. The van der Waals surface area contributed by atoms with E-state index in [4.69, 9.17) is 5.26 Å². The van der Waals surface area contributed by atoms with Gasteiger partial charge in [0, 0.05) is 0 Å². The molecule has 0 aliphatic heterocycles. The Kier molecular flexibility index (Phi) is 3.91. The topological polar surface area (TPSA) is 35.8 Å². The van der Waals surface area contributed by atoms with Crippen LogP contribution in [0.25, 0.3) is 0 Å². The highest BCUT2D eigenvalue weighted by molar-refractivity contribution is 5.33. The van der Waals surface area contributed by atoms with Crippen molar-refractivity contribution in [3.8, 4) is 6.07 Å². The number of halogens is 3. The fourth-order valence-electron chi connectivity index (χ4n) is 1.38. The van der Waals surface area contributed by atoms with Gasteiger partial charge in [-0.2, -0.15) is 18.4 Å².